The summed E-state index contributed by atoms with van der Waals surface area (Å²) in [6, 6.07) is 2.95. The second-order valence-electron chi connectivity index (χ2n) is 4.49. The van der Waals surface area contributed by atoms with E-state index in [2.05, 4.69) is 15.7 Å². The van der Waals surface area contributed by atoms with Crippen molar-refractivity contribution >= 4 is 23.3 Å². The monoisotopic (exact) mass is 286 g/mol. The first-order valence-corrected chi connectivity index (χ1v) is 6.29. The van der Waals surface area contributed by atoms with E-state index in [-0.39, 0.29) is 23.0 Å². The Morgan fingerprint density at radius 2 is 2.21 bits per heavy atom. The minimum Gasteiger partial charge on any atom is -0.383 e. The van der Waals surface area contributed by atoms with Gasteiger partial charge in [-0.1, -0.05) is 25.4 Å². The van der Waals surface area contributed by atoms with Crippen LogP contribution in [0.1, 0.15) is 24.2 Å². The number of nitrogens with one attached hydrogen (secondary N) is 2. The van der Waals surface area contributed by atoms with Gasteiger partial charge in [-0.05, 0) is 18.1 Å². The molecular weight excluding hydrogens is 268 g/mol. The molecule has 0 aliphatic carbocycles. The normalized spacial score (nSPS) is 12.3. The molecule has 7 heteroatoms. The predicted octanol–water partition coefficient (Wildman–Crippen LogP) is 1.42. The van der Waals surface area contributed by atoms with Gasteiger partial charge < -0.3 is 15.5 Å². The van der Waals surface area contributed by atoms with Crippen molar-refractivity contribution in [2.24, 2.45) is 11.8 Å². The third kappa shape index (κ3) is 4.66. The van der Waals surface area contributed by atoms with Crippen LogP contribution in [0, 0.1) is 5.92 Å². The Labute approximate surface area is 117 Å². The van der Waals surface area contributed by atoms with E-state index in [9.17, 15) is 4.79 Å². The molecule has 0 fully saturated rings. The first-order valence-electron chi connectivity index (χ1n) is 5.92. The lowest BCUT2D eigenvalue weighted by Gasteiger charge is -2.21. The first kappa shape index (κ1) is 15.7. The van der Waals surface area contributed by atoms with Gasteiger partial charge in [0.15, 0.2) is 0 Å². The summed E-state index contributed by atoms with van der Waals surface area (Å²) in [5.74, 6) is 5.62. The molecule has 6 nitrogen and oxygen atoms in total. The predicted molar refractivity (Wildman–Crippen MR) is 75.0 cm³/mol. The molecule has 0 aliphatic heterocycles. The number of hydrazine groups is 1. The number of nitrogens with zero attached hydrogens (tertiary/aromatic N) is 1. The van der Waals surface area contributed by atoms with E-state index in [1.54, 1.807) is 7.11 Å². The molecule has 0 bridgehead atoms. The van der Waals surface area contributed by atoms with Gasteiger partial charge in [0, 0.05) is 12.7 Å². The summed E-state index contributed by atoms with van der Waals surface area (Å²) in [6.07, 6.45) is 0. The van der Waals surface area contributed by atoms with Crippen LogP contribution in [0.15, 0.2) is 12.1 Å². The van der Waals surface area contributed by atoms with Crippen molar-refractivity contribution in [2.75, 3.05) is 19.1 Å². The molecule has 0 spiro atoms. The van der Waals surface area contributed by atoms with Crippen LogP contribution in [0.5, 0.6) is 0 Å². The molecule has 1 amide bonds. The molecule has 0 aromatic carbocycles. The van der Waals surface area contributed by atoms with E-state index in [1.807, 2.05) is 13.8 Å². The molecule has 19 heavy (non-hydrogen) atoms. The number of carbonyl (C=O) groups is 1. The number of aromatic nitrogens is 1. The number of ether oxygens (including phenoxy) is 1. The maximum Gasteiger partial charge on any atom is 0.251 e. The fourth-order valence-electron chi connectivity index (χ4n) is 1.53. The number of amides is 1. The highest BCUT2D eigenvalue weighted by atomic mass is 35.5. The van der Waals surface area contributed by atoms with Crippen LogP contribution < -0.4 is 16.6 Å². The largest absolute Gasteiger partial charge is 0.383 e. The second kappa shape index (κ2) is 7.28. The fraction of sp³-hybridized carbons (Fsp3) is 0.500. The topological polar surface area (TPSA) is 89.3 Å². The minimum atomic E-state index is -0.239. The van der Waals surface area contributed by atoms with Crippen LogP contribution >= 0.6 is 11.6 Å². The van der Waals surface area contributed by atoms with E-state index in [0.29, 0.717) is 18.0 Å². The first-order chi connectivity index (χ1) is 8.97. The van der Waals surface area contributed by atoms with Gasteiger partial charge in [0.2, 0.25) is 0 Å². The molecular formula is C12H19ClN4O2. The Bertz CT molecular complexity index is 440. The molecule has 0 saturated carbocycles. The van der Waals surface area contributed by atoms with Gasteiger partial charge in [-0.15, -0.1) is 0 Å². The van der Waals surface area contributed by atoms with Crippen molar-refractivity contribution in [2.45, 2.75) is 19.9 Å². The average Bonchev–Trinajstić information content (AvgIpc) is 2.37. The number of anilines is 1. The summed E-state index contributed by atoms with van der Waals surface area (Å²) >= 11 is 5.82. The van der Waals surface area contributed by atoms with Crippen LogP contribution in [0.25, 0.3) is 0 Å². The zero-order chi connectivity index (χ0) is 14.4. The number of nitrogens with two attached hydrogens (primary N) is 1. The van der Waals surface area contributed by atoms with Crippen molar-refractivity contribution in [1.82, 2.24) is 10.3 Å². The maximum atomic E-state index is 12.1. The van der Waals surface area contributed by atoms with Gasteiger partial charge in [0.05, 0.1) is 12.6 Å². The summed E-state index contributed by atoms with van der Waals surface area (Å²) in [7, 11) is 1.60. The molecule has 1 unspecified atom stereocenters. The molecule has 1 rings (SSSR count). The van der Waals surface area contributed by atoms with Gasteiger partial charge in [0.1, 0.15) is 11.0 Å². The highest BCUT2D eigenvalue weighted by Gasteiger charge is 2.17. The number of carbonyl (C=O) groups excluding carboxylic acids is 1. The standard InChI is InChI=1S/C12H19ClN4O2/c1-7(2)9(6-19-3)15-12(18)8-4-10(13)16-11(5-8)17-14/h4-5,7,9H,6,14H2,1-3H3,(H,15,18)(H,16,17). The molecule has 106 valence electrons. The molecule has 1 aromatic heterocycles. The molecule has 0 radical (unpaired) electrons. The Hall–Kier alpha value is -1.37. The van der Waals surface area contributed by atoms with Crippen molar-refractivity contribution in [3.63, 3.8) is 0 Å². The zero-order valence-corrected chi connectivity index (χ0v) is 12.0. The number of halogens is 1. The lowest BCUT2D eigenvalue weighted by Crippen LogP contribution is -2.41. The molecule has 1 atom stereocenters. The van der Waals surface area contributed by atoms with E-state index in [0.717, 1.165) is 0 Å². The van der Waals surface area contributed by atoms with Crippen LogP contribution in [0.3, 0.4) is 0 Å². The van der Waals surface area contributed by atoms with Gasteiger partial charge in [-0.3, -0.25) is 4.79 Å². The summed E-state index contributed by atoms with van der Waals surface area (Å²) in [6.45, 7) is 4.47. The van der Waals surface area contributed by atoms with Crippen LogP contribution in [-0.4, -0.2) is 30.6 Å². The third-order valence-corrected chi connectivity index (χ3v) is 2.87. The van der Waals surface area contributed by atoms with Gasteiger partial charge in [-0.25, -0.2) is 10.8 Å². The third-order valence-electron chi connectivity index (χ3n) is 2.67. The quantitative estimate of drug-likeness (QED) is 0.418. The Morgan fingerprint density at radius 1 is 1.53 bits per heavy atom. The number of nitrogen functional groups attached to an aromatic ring is 1. The average molecular weight is 287 g/mol. The van der Waals surface area contributed by atoms with E-state index >= 15 is 0 Å². The second-order valence-corrected chi connectivity index (χ2v) is 4.87. The van der Waals surface area contributed by atoms with Gasteiger partial charge in [0.25, 0.3) is 5.91 Å². The van der Waals surface area contributed by atoms with Gasteiger partial charge >= 0.3 is 0 Å². The maximum absolute atomic E-state index is 12.1. The van der Waals surface area contributed by atoms with E-state index in [4.69, 9.17) is 22.2 Å². The summed E-state index contributed by atoms with van der Waals surface area (Å²) < 4.78 is 5.09. The molecule has 1 aromatic rings. The Kier molecular flexibility index (Phi) is 6.01. The number of hydrogen-bond donors (Lipinski definition) is 3. The lowest BCUT2D eigenvalue weighted by molar-refractivity contribution is 0.0866. The highest BCUT2D eigenvalue weighted by Crippen LogP contribution is 2.14. The fourth-order valence-corrected chi connectivity index (χ4v) is 1.74. The summed E-state index contributed by atoms with van der Waals surface area (Å²) in [4.78, 5) is 16.0. The number of hydrogen-bond acceptors (Lipinski definition) is 5. The Balaban J connectivity index is 2.84. The van der Waals surface area contributed by atoms with Crippen molar-refractivity contribution in [3.8, 4) is 0 Å². The molecule has 0 aliphatic rings. The highest BCUT2D eigenvalue weighted by molar-refractivity contribution is 6.29. The van der Waals surface area contributed by atoms with Crippen molar-refractivity contribution in [1.29, 1.82) is 0 Å². The molecule has 1 heterocycles. The molecule has 4 N–H and O–H groups in total. The smallest absolute Gasteiger partial charge is 0.251 e. The lowest BCUT2D eigenvalue weighted by atomic mass is 10.0. The number of methoxy groups -OCH3 is 1. The summed E-state index contributed by atoms with van der Waals surface area (Å²) in [5, 5.41) is 3.10. The Morgan fingerprint density at radius 3 is 2.74 bits per heavy atom. The molecule has 0 saturated heterocycles. The number of pyridine rings is 1. The summed E-state index contributed by atoms with van der Waals surface area (Å²) in [5.41, 5.74) is 2.76. The van der Waals surface area contributed by atoms with Gasteiger partial charge in [-0.2, -0.15) is 0 Å². The SMILES string of the molecule is COCC(NC(=O)c1cc(Cl)nc(NN)c1)C(C)C. The van der Waals surface area contributed by atoms with Crippen molar-refractivity contribution in [3.05, 3.63) is 22.8 Å². The number of rotatable bonds is 6. The minimum absolute atomic E-state index is 0.0706. The van der Waals surface area contributed by atoms with Crippen LogP contribution in [0.2, 0.25) is 5.15 Å². The van der Waals surface area contributed by atoms with E-state index in [1.165, 1.54) is 12.1 Å². The van der Waals surface area contributed by atoms with Crippen molar-refractivity contribution < 1.29 is 9.53 Å². The van der Waals surface area contributed by atoms with E-state index < -0.39 is 0 Å². The van der Waals surface area contributed by atoms with Crippen LogP contribution in [-0.2, 0) is 4.74 Å². The zero-order valence-electron chi connectivity index (χ0n) is 11.2. The van der Waals surface area contributed by atoms with Crippen LogP contribution in [0.4, 0.5) is 5.82 Å².